The predicted octanol–water partition coefficient (Wildman–Crippen LogP) is -0.889. The summed E-state index contributed by atoms with van der Waals surface area (Å²) in [6.07, 6.45) is 0. The molecule has 9 heavy (non-hydrogen) atoms. The second-order valence-corrected chi connectivity index (χ2v) is 2.78. The van der Waals surface area contributed by atoms with Gasteiger partial charge in [-0.1, -0.05) is 13.8 Å². The van der Waals surface area contributed by atoms with E-state index in [0.717, 1.165) is 0 Å². The third-order valence-electron chi connectivity index (χ3n) is 1.39. The van der Waals surface area contributed by atoms with Crippen molar-refractivity contribution in [2.24, 2.45) is 5.41 Å². The molecule has 0 rings (SSSR count). The van der Waals surface area contributed by atoms with Gasteiger partial charge in [-0.2, -0.15) is 0 Å². The fourth-order valence-corrected chi connectivity index (χ4v) is 0.354. The number of hydrogen-bond donors (Lipinski definition) is 2. The van der Waals surface area contributed by atoms with E-state index in [1.54, 1.807) is 13.8 Å². The molecule has 0 amide bonds. The molecule has 0 aromatic rings. The van der Waals surface area contributed by atoms with Crippen LogP contribution in [0.3, 0.4) is 0 Å². The predicted molar refractivity (Wildman–Crippen MR) is 38.4 cm³/mol. The maximum atomic E-state index is 9.05. The highest BCUT2D eigenvalue weighted by molar-refractivity contribution is 6.90. The maximum Gasteiger partial charge on any atom is 0.0945 e. The summed E-state index contributed by atoms with van der Waals surface area (Å²) in [7, 11) is 6.22. The Bertz CT molecular complexity index is 85.0. The molecule has 1 atom stereocenters. The molecule has 0 saturated heterocycles. The smallest absolute Gasteiger partial charge is 0.0945 e. The molecule has 0 aromatic carbocycles. The topological polar surface area (TPSA) is 40.5 Å². The highest BCUT2D eigenvalue weighted by Gasteiger charge is 2.24. The number of aliphatic hydroxyl groups is 2. The zero-order valence-electron chi connectivity index (χ0n) is 5.83. The zero-order chi connectivity index (χ0) is 7.49. The maximum absolute atomic E-state index is 9.05. The lowest BCUT2D eigenvalue weighted by Crippen LogP contribution is -2.37. The van der Waals surface area contributed by atoms with Crippen molar-refractivity contribution in [3.8, 4) is 0 Å². The first kappa shape index (κ1) is 9.05. The van der Waals surface area contributed by atoms with Crippen LogP contribution in [-0.4, -0.2) is 37.7 Å². The Morgan fingerprint density at radius 3 is 2.22 bits per heavy atom. The Balaban J connectivity index is 3.80. The van der Waals surface area contributed by atoms with Crippen molar-refractivity contribution in [1.29, 1.82) is 0 Å². The molecule has 0 heterocycles. The largest absolute Gasteiger partial charge is 0.402 e. The van der Waals surface area contributed by atoms with Crippen LogP contribution >= 0.6 is 0 Å². The second-order valence-electron chi connectivity index (χ2n) is 2.78. The summed E-state index contributed by atoms with van der Waals surface area (Å²) in [5, 5.41) is 17.7. The van der Waals surface area contributed by atoms with E-state index in [1.165, 1.54) is 7.17 Å². The fraction of sp³-hybridized carbons (Fsp3) is 1.00. The van der Waals surface area contributed by atoms with Crippen molar-refractivity contribution >= 4 is 14.9 Å². The van der Waals surface area contributed by atoms with Gasteiger partial charge in [0, 0.05) is 25.8 Å². The molecule has 0 aromatic heterocycles. The molecule has 0 aliphatic heterocycles. The van der Waals surface area contributed by atoms with E-state index < -0.39 is 11.4 Å². The fourth-order valence-electron chi connectivity index (χ4n) is 0.354. The molecule has 49 valence electrons. The molecule has 1 unspecified atom stereocenters. The van der Waals surface area contributed by atoms with Gasteiger partial charge in [-0.25, -0.2) is 0 Å². The van der Waals surface area contributed by atoms with Crippen molar-refractivity contribution in [1.82, 2.24) is 0 Å². The van der Waals surface area contributed by atoms with Gasteiger partial charge in [0.15, 0.2) is 0 Å². The molecule has 3 radical (unpaired) electrons. The van der Waals surface area contributed by atoms with Gasteiger partial charge < -0.3 is 10.2 Å². The summed E-state index contributed by atoms with van der Waals surface area (Å²) in [6, 6.07) is -0.734. The van der Waals surface area contributed by atoms with E-state index in [0.29, 0.717) is 0 Å². The lowest BCUT2D eigenvalue weighted by Gasteiger charge is -2.27. The van der Waals surface area contributed by atoms with Crippen LogP contribution in [0.4, 0.5) is 0 Å². The highest BCUT2D eigenvalue weighted by atomic mass is 16.3. The normalized spacial score (nSPS) is 15.1. The lowest BCUT2D eigenvalue weighted by atomic mass is 9.46. The minimum atomic E-state index is -0.734. The molecular formula is C5H11B2O2. The number of rotatable bonds is 3. The minimum absolute atomic E-state index is 0.0676. The molecule has 0 bridgehead atoms. The van der Waals surface area contributed by atoms with E-state index in [-0.39, 0.29) is 6.61 Å². The average Bonchev–Trinajstić information content (AvgIpc) is 1.86. The molecule has 2 nitrogen and oxygen atoms in total. The van der Waals surface area contributed by atoms with Crippen molar-refractivity contribution < 1.29 is 10.2 Å². The van der Waals surface area contributed by atoms with Crippen LogP contribution in [-0.2, 0) is 0 Å². The molecule has 4 heteroatoms. The van der Waals surface area contributed by atoms with E-state index in [2.05, 4.69) is 0 Å². The Morgan fingerprint density at radius 1 is 1.67 bits per heavy atom. The monoisotopic (exact) mass is 125 g/mol. The van der Waals surface area contributed by atoms with Gasteiger partial charge in [-0.15, -0.1) is 0 Å². The molecule has 0 fully saturated rings. The first-order valence-electron chi connectivity index (χ1n) is 2.88. The first-order valence-corrected chi connectivity index (χ1v) is 2.88. The Morgan fingerprint density at radius 2 is 2.11 bits per heavy atom. The Kier molecular flexibility index (Phi) is 3.29. The number of aliphatic hydroxyl groups excluding tert-OH is 2. The van der Waals surface area contributed by atoms with Crippen LogP contribution in [0.5, 0.6) is 0 Å². The molecule has 0 spiro atoms. The van der Waals surface area contributed by atoms with Crippen LogP contribution in [0, 0.1) is 5.41 Å². The summed E-state index contributed by atoms with van der Waals surface area (Å²) in [5.74, 6) is 0. The van der Waals surface area contributed by atoms with E-state index >= 15 is 0 Å². The van der Waals surface area contributed by atoms with E-state index in [9.17, 15) is 0 Å². The molecular weight excluding hydrogens is 114 g/mol. The van der Waals surface area contributed by atoms with Crippen LogP contribution in [0.25, 0.3) is 0 Å². The minimum Gasteiger partial charge on any atom is -0.402 e. The van der Waals surface area contributed by atoms with Gasteiger partial charge in [0.05, 0.1) is 7.17 Å². The van der Waals surface area contributed by atoms with E-state index in [1.807, 2.05) is 0 Å². The van der Waals surface area contributed by atoms with Crippen LogP contribution < -0.4 is 0 Å². The van der Waals surface area contributed by atoms with Gasteiger partial charge in [-0.3, -0.25) is 0 Å². The first-order chi connectivity index (χ1) is 4.04. The van der Waals surface area contributed by atoms with Crippen LogP contribution in [0.1, 0.15) is 13.8 Å². The number of hydrogen-bond acceptors (Lipinski definition) is 2. The van der Waals surface area contributed by atoms with Crippen molar-refractivity contribution in [2.45, 2.75) is 19.9 Å². The summed E-state index contributed by atoms with van der Waals surface area (Å²) in [5.41, 5.74) is -0.519. The third kappa shape index (κ3) is 2.41. The SMILES string of the molecule is [B][B]C(O)C(C)(C)CO. The second kappa shape index (κ2) is 3.28. The quantitative estimate of drug-likeness (QED) is 0.480. The van der Waals surface area contributed by atoms with Gasteiger partial charge in [0.1, 0.15) is 0 Å². The lowest BCUT2D eigenvalue weighted by molar-refractivity contribution is 0.0576. The average molecular weight is 125 g/mol. The molecule has 2 N–H and O–H groups in total. The summed E-state index contributed by atoms with van der Waals surface area (Å²) in [6.45, 7) is 3.41. The standard InChI is InChI=1S/C5H11B2O2/c1-5(2,3-8)4(9)7-6/h4,8-9H,3H2,1-2H3. The van der Waals surface area contributed by atoms with Crippen molar-refractivity contribution in [3.05, 3.63) is 0 Å². The summed E-state index contributed by atoms with van der Waals surface area (Å²) in [4.78, 5) is 0. The van der Waals surface area contributed by atoms with Gasteiger partial charge in [-0.05, 0) is 0 Å². The van der Waals surface area contributed by atoms with Gasteiger partial charge in [0.25, 0.3) is 0 Å². The Labute approximate surface area is 57.9 Å². The van der Waals surface area contributed by atoms with E-state index in [4.69, 9.17) is 18.0 Å². The zero-order valence-corrected chi connectivity index (χ0v) is 5.83. The van der Waals surface area contributed by atoms with Gasteiger partial charge >= 0.3 is 0 Å². The van der Waals surface area contributed by atoms with Crippen molar-refractivity contribution in [3.63, 3.8) is 0 Å². The highest BCUT2D eigenvalue weighted by Crippen LogP contribution is 2.17. The third-order valence-corrected chi connectivity index (χ3v) is 1.39. The molecule has 0 saturated carbocycles. The van der Waals surface area contributed by atoms with Crippen LogP contribution in [0.15, 0.2) is 0 Å². The van der Waals surface area contributed by atoms with Crippen molar-refractivity contribution in [2.75, 3.05) is 6.61 Å². The van der Waals surface area contributed by atoms with Gasteiger partial charge in [0.2, 0.25) is 0 Å². The molecule has 0 aliphatic carbocycles. The van der Waals surface area contributed by atoms with Crippen LogP contribution in [0.2, 0.25) is 0 Å². The summed E-state index contributed by atoms with van der Waals surface area (Å²) < 4.78 is 0. The summed E-state index contributed by atoms with van der Waals surface area (Å²) >= 11 is 0. The molecule has 0 aliphatic rings. The Hall–Kier alpha value is 0.0499.